The Labute approximate surface area is 98.8 Å². The molecule has 1 atom stereocenters. The maximum Gasteiger partial charge on any atom is 0.227 e. The molecule has 1 rings (SSSR count). The average molecular weight is 227 g/mol. The number of hydrogen-bond acceptors (Lipinski definition) is 3. The molecule has 1 heterocycles. The molecule has 0 saturated carbocycles. The molecule has 0 aromatic carbocycles. The minimum atomic E-state index is -0.191. The molecular weight excluding hydrogens is 202 g/mol. The van der Waals surface area contributed by atoms with Gasteiger partial charge in [0.25, 0.3) is 0 Å². The Hall–Kier alpha value is -0.610. The van der Waals surface area contributed by atoms with Crippen molar-refractivity contribution >= 4 is 5.91 Å². The largest absolute Gasteiger partial charge is 0.354 e. The van der Waals surface area contributed by atoms with E-state index in [0.29, 0.717) is 0 Å². The number of carbonyl (C=O) groups excluding carboxylic acids is 1. The van der Waals surface area contributed by atoms with Crippen LogP contribution in [-0.2, 0) is 4.79 Å². The van der Waals surface area contributed by atoms with Gasteiger partial charge in [0.05, 0.1) is 5.41 Å². The number of nitrogens with zero attached hydrogens (tertiary/aromatic N) is 1. The molecule has 1 aliphatic rings. The molecule has 16 heavy (non-hydrogen) atoms. The number of rotatable bonds is 6. The molecule has 0 spiro atoms. The number of hydrogen-bond donors (Lipinski definition) is 2. The highest BCUT2D eigenvalue weighted by Crippen LogP contribution is 2.24. The smallest absolute Gasteiger partial charge is 0.227 e. The van der Waals surface area contributed by atoms with Crippen molar-refractivity contribution in [2.24, 2.45) is 5.41 Å². The van der Waals surface area contributed by atoms with Gasteiger partial charge in [0.2, 0.25) is 5.91 Å². The quantitative estimate of drug-likeness (QED) is 0.692. The van der Waals surface area contributed by atoms with E-state index in [0.717, 1.165) is 45.7 Å². The van der Waals surface area contributed by atoms with Gasteiger partial charge in [-0.1, -0.05) is 13.8 Å². The van der Waals surface area contributed by atoms with E-state index in [1.807, 2.05) is 6.92 Å². The first-order valence-corrected chi connectivity index (χ1v) is 6.33. The lowest BCUT2D eigenvalue weighted by atomic mass is 9.89. The summed E-state index contributed by atoms with van der Waals surface area (Å²) < 4.78 is 0. The van der Waals surface area contributed by atoms with E-state index in [2.05, 4.69) is 29.4 Å². The van der Waals surface area contributed by atoms with Gasteiger partial charge in [0.15, 0.2) is 0 Å². The molecule has 2 N–H and O–H groups in total. The summed E-state index contributed by atoms with van der Waals surface area (Å²) in [5.41, 5.74) is -0.191. The Morgan fingerprint density at radius 1 is 1.44 bits per heavy atom. The number of amides is 1. The summed E-state index contributed by atoms with van der Waals surface area (Å²) >= 11 is 0. The number of carbonyl (C=O) groups is 1. The van der Waals surface area contributed by atoms with Gasteiger partial charge in [0, 0.05) is 19.6 Å². The standard InChI is InChI=1S/C12H25N3O/c1-4-15(5-2)9-8-14-11(16)12(3)6-7-13-10-12/h13H,4-10H2,1-3H3,(H,14,16). The van der Waals surface area contributed by atoms with Crippen LogP contribution in [0.25, 0.3) is 0 Å². The van der Waals surface area contributed by atoms with Crippen molar-refractivity contribution in [3.63, 3.8) is 0 Å². The molecule has 1 unspecified atom stereocenters. The predicted octanol–water partition coefficient (Wildman–Crippen LogP) is 0.444. The Morgan fingerprint density at radius 2 is 2.12 bits per heavy atom. The number of likely N-dealkylation sites (N-methyl/N-ethyl adjacent to an activating group) is 1. The Balaban J connectivity index is 2.24. The van der Waals surface area contributed by atoms with Gasteiger partial charge in [-0.05, 0) is 33.0 Å². The van der Waals surface area contributed by atoms with E-state index in [4.69, 9.17) is 0 Å². The third kappa shape index (κ3) is 3.46. The zero-order chi connectivity index (χ0) is 12.0. The highest BCUT2D eigenvalue weighted by atomic mass is 16.2. The summed E-state index contributed by atoms with van der Waals surface area (Å²) in [6.07, 6.45) is 0.949. The van der Waals surface area contributed by atoms with Crippen molar-refractivity contribution in [2.75, 3.05) is 39.3 Å². The third-order valence-corrected chi connectivity index (χ3v) is 3.52. The molecule has 0 aromatic rings. The van der Waals surface area contributed by atoms with Crippen molar-refractivity contribution < 1.29 is 4.79 Å². The lowest BCUT2D eigenvalue weighted by Crippen LogP contribution is -2.43. The maximum absolute atomic E-state index is 12.0. The van der Waals surface area contributed by atoms with Gasteiger partial charge in [-0.3, -0.25) is 4.79 Å². The summed E-state index contributed by atoms with van der Waals surface area (Å²) in [5, 5.41) is 6.29. The lowest BCUT2D eigenvalue weighted by Gasteiger charge is -2.23. The molecule has 0 aliphatic carbocycles. The van der Waals surface area contributed by atoms with E-state index < -0.39 is 0 Å². The predicted molar refractivity (Wildman–Crippen MR) is 66.4 cm³/mol. The topological polar surface area (TPSA) is 44.4 Å². The summed E-state index contributed by atoms with van der Waals surface area (Å²) in [6.45, 7) is 11.9. The van der Waals surface area contributed by atoms with Crippen molar-refractivity contribution in [3.05, 3.63) is 0 Å². The van der Waals surface area contributed by atoms with Crippen LogP contribution in [0, 0.1) is 5.41 Å². The zero-order valence-electron chi connectivity index (χ0n) is 10.8. The van der Waals surface area contributed by atoms with Crippen LogP contribution in [0.4, 0.5) is 0 Å². The maximum atomic E-state index is 12.0. The first-order valence-electron chi connectivity index (χ1n) is 6.33. The zero-order valence-corrected chi connectivity index (χ0v) is 10.8. The Kier molecular flexibility index (Phi) is 5.22. The SMILES string of the molecule is CCN(CC)CCNC(=O)C1(C)CCNC1. The normalized spacial score (nSPS) is 25.0. The van der Waals surface area contributed by atoms with Crippen LogP contribution in [-0.4, -0.2) is 50.1 Å². The van der Waals surface area contributed by atoms with Crippen molar-refractivity contribution in [3.8, 4) is 0 Å². The van der Waals surface area contributed by atoms with Crippen molar-refractivity contribution in [1.82, 2.24) is 15.5 Å². The van der Waals surface area contributed by atoms with E-state index in [-0.39, 0.29) is 11.3 Å². The molecule has 1 fully saturated rings. The lowest BCUT2D eigenvalue weighted by molar-refractivity contribution is -0.129. The molecule has 94 valence electrons. The van der Waals surface area contributed by atoms with Gasteiger partial charge in [0.1, 0.15) is 0 Å². The molecule has 1 saturated heterocycles. The first-order chi connectivity index (χ1) is 7.62. The molecule has 0 aromatic heterocycles. The highest BCUT2D eigenvalue weighted by molar-refractivity contribution is 5.82. The van der Waals surface area contributed by atoms with Crippen LogP contribution in [0.3, 0.4) is 0 Å². The van der Waals surface area contributed by atoms with Crippen LogP contribution in [0.5, 0.6) is 0 Å². The van der Waals surface area contributed by atoms with Crippen LogP contribution < -0.4 is 10.6 Å². The van der Waals surface area contributed by atoms with Gasteiger partial charge in [-0.2, -0.15) is 0 Å². The summed E-state index contributed by atoms with van der Waals surface area (Å²) in [4.78, 5) is 14.3. The molecule has 4 nitrogen and oxygen atoms in total. The van der Waals surface area contributed by atoms with Gasteiger partial charge >= 0.3 is 0 Å². The van der Waals surface area contributed by atoms with E-state index in [1.54, 1.807) is 0 Å². The van der Waals surface area contributed by atoms with Gasteiger partial charge in [-0.15, -0.1) is 0 Å². The van der Waals surface area contributed by atoms with Gasteiger partial charge < -0.3 is 15.5 Å². The fourth-order valence-corrected chi connectivity index (χ4v) is 2.09. The number of nitrogens with one attached hydrogen (secondary N) is 2. The summed E-state index contributed by atoms with van der Waals surface area (Å²) in [7, 11) is 0. The van der Waals surface area contributed by atoms with E-state index >= 15 is 0 Å². The molecule has 0 bridgehead atoms. The minimum Gasteiger partial charge on any atom is -0.354 e. The third-order valence-electron chi connectivity index (χ3n) is 3.52. The first kappa shape index (κ1) is 13.5. The van der Waals surface area contributed by atoms with E-state index in [9.17, 15) is 4.79 Å². The molecule has 4 heteroatoms. The second kappa shape index (κ2) is 6.21. The monoisotopic (exact) mass is 227 g/mol. The summed E-state index contributed by atoms with van der Waals surface area (Å²) in [6, 6.07) is 0. The fraction of sp³-hybridized carbons (Fsp3) is 0.917. The van der Waals surface area contributed by atoms with Crippen LogP contribution in [0.15, 0.2) is 0 Å². The molecule has 1 amide bonds. The van der Waals surface area contributed by atoms with Crippen molar-refractivity contribution in [1.29, 1.82) is 0 Å². The molecule has 0 radical (unpaired) electrons. The van der Waals surface area contributed by atoms with Crippen LogP contribution in [0.2, 0.25) is 0 Å². The van der Waals surface area contributed by atoms with Crippen molar-refractivity contribution in [2.45, 2.75) is 27.2 Å². The molecular formula is C12H25N3O. The second-order valence-electron chi connectivity index (χ2n) is 4.77. The van der Waals surface area contributed by atoms with Gasteiger partial charge in [-0.25, -0.2) is 0 Å². The fourth-order valence-electron chi connectivity index (χ4n) is 2.09. The van der Waals surface area contributed by atoms with Crippen LogP contribution >= 0.6 is 0 Å². The minimum absolute atomic E-state index is 0.191. The highest BCUT2D eigenvalue weighted by Gasteiger charge is 2.35. The van der Waals surface area contributed by atoms with Crippen LogP contribution in [0.1, 0.15) is 27.2 Å². The summed E-state index contributed by atoms with van der Waals surface area (Å²) in [5.74, 6) is 0.199. The van der Waals surface area contributed by atoms with E-state index in [1.165, 1.54) is 0 Å². The Morgan fingerprint density at radius 3 is 2.62 bits per heavy atom. The second-order valence-corrected chi connectivity index (χ2v) is 4.77. The molecule has 1 aliphatic heterocycles. The average Bonchev–Trinajstić information content (AvgIpc) is 2.72. The Bertz CT molecular complexity index is 220.